The van der Waals surface area contributed by atoms with Gasteiger partial charge >= 0.3 is 0 Å². The summed E-state index contributed by atoms with van der Waals surface area (Å²) in [4.78, 5) is 7.96. The van der Waals surface area contributed by atoms with Crippen LogP contribution in [-0.2, 0) is 6.42 Å². The summed E-state index contributed by atoms with van der Waals surface area (Å²) < 4.78 is 5.34. The Hall–Kier alpha value is -3.48. The van der Waals surface area contributed by atoms with Crippen molar-refractivity contribution in [3.05, 3.63) is 59.3 Å². The van der Waals surface area contributed by atoms with Crippen molar-refractivity contribution in [1.82, 2.24) is 9.88 Å². The Labute approximate surface area is 176 Å². The lowest BCUT2D eigenvalue weighted by Gasteiger charge is -2.36. The first-order valence-electron chi connectivity index (χ1n) is 10.3. The standard InChI is InChI=1S/C24H25N5O/c1-30-24-6-2-5-23(21(24)16-26)29-12-10-28(11-13-29)9-3-4-18-7-8-20-19(15-25)17-27-22(20)14-18/h2,5-8,14,17,27H,3-4,9-13H2,1H3. The molecule has 0 radical (unpaired) electrons. The molecule has 0 saturated carbocycles. The van der Waals surface area contributed by atoms with E-state index in [9.17, 15) is 5.26 Å². The van der Waals surface area contributed by atoms with Crippen molar-refractivity contribution >= 4 is 16.6 Å². The summed E-state index contributed by atoms with van der Waals surface area (Å²) in [7, 11) is 1.61. The number of nitriles is 2. The van der Waals surface area contributed by atoms with Crippen LogP contribution in [0.15, 0.2) is 42.6 Å². The van der Waals surface area contributed by atoms with E-state index in [2.05, 4.69) is 39.1 Å². The van der Waals surface area contributed by atoms with Crippen molar-refractivity contribution in [2.75, 3.05) is 44.7 Å². The predicted molar refractivity (Wildman–Crippen MR) is 118 cm³/mol. The molecule has 6 nitrogen and oxygen atoms in total. The summed E-state index contributed by atoms with van der Waals surface area (Å²) in [6.45, 7) is 4.86. The highest BCUT2D eigenvalue weighted by atomic mass is 16.5. The lowest BCUT2D eigenvalue weighted by molar-refractivity contribution is 0.255. The van der Waals surface area contributed by atoms with Gasteiger partial charge in [-0.3, -0.25) is 4.90 Å². The van der Waals surface area contributed by atoms with Gasteiger partial charge in [0, 0.05) is 43.3 Å². The van der Waals surface area contributed by atoms with Crippen molar-refractivity contribution < 1.29 is 4.74 Å². The van der Waals surface area contributed by atoms with Gasteiger partial charge in [-0.15, -0.1) is 0 Å². The van der Waals surface area contributed by atoms with Crippen LogP contribution in [0.25, 0.3) is 10.9 Å². The topological polar surface area (TPSA) is 79.1 Å². The monoisotopic (exact) mass is 399 g/mol. The zero-order valence-electron chi connectivity index (χ0n) is 17.2. The van der Waals surface area contributed by atoms with Crippen LogP contribution >= 0.6 is 0 Å². The third-order valence-corrected chi connectivity index (χ3v) is 5.86. The number of anilines is 1. The SMILES string of the molecule is COc1cccc(N2CCN(CCCc3ccc4c(C#N)c[nH]c4c3)CC2)c1C#N. The molecule has 1 aliphatic rings. The normalized spacial score (nSPS) is 14.4. The molecule has 0 aliphatic carbocycles. The van der Waals surface area contributed by atoms with Crippen molar-refractivity contribution in [3.63, 3.8) is 0 Å². The van der Waals surface area contributed by atoms with Crippen LogP contribution in [0.3, 0.4) is 0 Å². The molecule has 1 aromatic heterocycles. The minimum Gasteiger partial charge on any atom is -0.495 e. The molecule has 1 saturated heterocycles. The summed E-state index contributed by atoms with van der Waals surface area (Å²) in [5.74, 6) is 0.637. The second kappa shape index (κ2) is 8.90. The van der Waals surface area contributed by atoms with Crippen LogP contribution in [0.5, 0.6) is 5.75 Å². The number of rotatable bonds is 6. The van der Waals surface area contributed by atoms with Gasteiger partial charge in [0.25, 0.3) is 0 Å². The van der Waals surface area contributed by atoms with Gasteiger partial charge < -0.3 is 14.6 Å². The number of ether oxygens (including phenoxy) is 1. The summed E-state index contributed by atoms with van der Waals surface area (Å²) in [5, 5.41) is 19.7. The number of H-pyrrole nitrogens is 1. The zero-order valence-corrected chi connectivity index (χ0v) is 17.2. The van der Waals surface area contributed by atoms with Gasteiger partial charge in [-0.25, -0.2) is 0 Å². The van der Waals surface area contributed by atoms with Gasteiger partial charge in [0.2, 0.25) is 0 Å². The fraction of sp³-hybridized carbons (Fsp3) is 0.333. The third kappa shape index (κ3) is 3.96. The number of nitrogens with zero attached hydrogens (tertiary/aromatic N) is 4. The lowest BCUT2D eigenvalue weighted by Crippen LogP contribution is -2.47. The molecule has 0 spiro atoms. The Balaban J connectivity index is 1.30. The highest BCUT2D eigenvalue weighted by molar-refractivity contribution is 5.86. The minimum absolute atomic E-state index is 0.618. The first kappa shape index (κ1) is 19.8. The maximum absolute atomic E-state index is 9.53. The summed E-state index contributed by atoms with van der Waals surface area (Å²) in [6.07, 6.45) is 3.89. The smallest absolute Gasteiger partial charge is 0.138 e. The van der Waals surface area contributed by atoms with Crippen LogP contribution in [0.4, 0.5) is 5.69 Å². The fourth-order valence-corrected chi connectivity index (χ4v) is 4.21. The minimum atomic E-state index is 0.618. The van der Waals surface area contributed by atoms with E-state index >= 15 is 0 Å². The van der Waals surface area contributed by atoms with Crippen LogP contribution in [0.2, 0.25) is 0 Å². The molecule has 1 N–H and O–H groups in total. The number of aryl methyl sites for hydroxylation is 1. The summed E-state index contributed by atoms with van der Waals surface area (Å²) in [6, 6.07) is 16.6. The van der Waals surface area contributed by atoms with Gasteiger partial charge in [0.15, 0.2) is 0 Å². The molecule has 0 bridgehead atoms. The fourth-order valence-electron chi connectivity index (χ4n) is 4.21. The first-order valence-corrected chi connectivity index (χ1v) is 10.3. The molecular formula is C24H25N5O. The average molecular weight is 399 g/mol. The van der Waals surface area contributed by atoms with Crippen LogP contribution in [0.1, 0.15) is 23.1 Å². The summed E-state index contributed by atoms with van der Waals surface area (Å²) in [5.41, 5.74) is 4.61. The number of piperazine rings is 1. The zero-order chi connectivity index (χ0) is 20.9. The van der Waals surface area contributed by atoms with Gasteiger partial charge in [-0.2, -0.15) is 10.5 Å². The molecule has 0 unspecified atom stereocenters. The van der Waals surface area contributed by atoms with Crippen molar-refractivity contribution in [2.45, 2.75) is 12.8 Å². The largest absolute Gasteiger partial charge is 0.495 e. The van der Waals surface area contributed by atoms with E-state index in [1.807, 2.05) is 24.3 Å². The number of hydrogen-bond donors (Lipinski definition) is 1. The Morgan fingerprint density at radius 2 is 1.90 bits per heavy atom. The molecule has 30 heavy (non-hydrogen) atoms. The van der Waals surface area contributed by atoms with Crippen molar-refractivity contribution in [3.8, 4) is 17.9 Å². The van der Waals surface area contributed by atoms with E-state index in [1.165, 1.54) is 5.56 Å². The molecule has 2 aromatic carbocycles. The second-order valence-corrected chi connectivity index (χ2v) is 7.59. The second-order valence-electron chi connectivity index (χ2n) is 7.59. The number of benzene rings is 2. The highest BCUT2D eigenvalue weighted by Gasteiger charge is 2.20. The van der Waals surface area contributed by atoms with Crippen LogP contribution in [-0.4, -0.2) is 49.7 Å². The summed E-state index contributed by atoms with van der Waals surface area (Å²) >= 11 is 0. The molecule has 2 heterocycles. The van der Waals surface area contributed by atoms with E-state index in [0.717, 1.165) is 62.2 Å². The van der Waals surface area contributed by atoms with Gasteiger partial charge in [0.05, 0.1) is 18.4 Å². The number of nitrogens with one attached hydrogen (secondary N) is 1. The Morgan fingerprint density at radius 3 is 2.63 bits per heavy atom. The van der Waals surface area contributed by atoms with E-state index in [4.69, 9.17) is 10.00 Å². The molecular weight excluding hydrogens is 374 g/mol. The molecule has 0 atom stereocenters. The molecule has 3 aromatic rings. The third-order valence-electron chi connectivity index (χ3n) is 5.86. The van der Waals surface area contributed by atoms with E-state index < -0.39 is 0 Å². The Bertz CT molecular complexity index is 1110. The van der Waals surface area contributed by atoms with Crippen LogP contribution in [0, 0.1) is 22.7 Å². The lowest BCUT2D eigenvalue weighted by atomic mass is 10.1. The number of aromatic amines is 1. The molecule has 0 amide bonds. The molecule has 6 heteroatoms. The maximum Gasteiger partial charge on any atom is 0.138 e. The molecule has 4 rings (SSSR count). The predicted octanol–water partition coefficient (Wildman–Crippen LogP) is 3.67. The Morgan fingerprint density at radius 1 is 1.07 bits per heavy atom. The van der Waals surface area contributed by atoms with Gasteiger partial charge in [-0.1, -0.05) is 18.2 Å². The number of fused-ring (bicyclic) bond motifs is 1. The quantitative estimate of drug-likeness (QED) is 0.684. The maximum atomic E-state index is 9.53. The van der Waals surface area contributed by atoms with E-state index in [1.54, 1.807) is 13.3 Å². The van der Waals surface area contributed by atoms with Gasteiger partial charge in [0.1, 0.15) is 23.5 Å². The van der Waals surface area contributed by atoms with E-state index in [-0.39, 0.29) is 0 Å². The molecule has 1 fully saturated rings. The highest BCUT2D eigenvalue weighted by Crippen LogP contribution is 2.29. The van der Waals surface area contributed by atoms with Crippen molar-refractivity contribution in [2.24, 2.45) is 0 Å². The first-order chi connectivity index (χ1) is 14.7. The van der Waals surface area contributed by atoms with Crippen LogP contribution < -0.4 is 9.64 Å². The van der Waals surface area contributed by atoms with E-state index in [0.29, 0.717) is 16.9 Å². The van der Waals surface area contributed by atoms with Gasteiger partial charge in [-0.05, 0) is 43.1 Å². The molecule has 1 aliphatic heterocycles. The number of hydrogen-bond acceptors (Lipinski definition) is 5. The Kier molecular flexibility index (Phi) is 5.88. The number of methoxy groups -OCH3 is 1. The molecule has 152 valence electrons. The average Bonchev–Trinajstić information content (AvgIpc) is 3.21. The number of aromatic nitrogens is 1. The van der Waals surface area contributed by atoms with Crippen molar-refractivity contribution in [1.29, 1.82) is 10.5 Å².